The van der Waals surface area contributed by atoms with E-state index in [0.717, 1.165) is 31.6 Å². The van der Waals surface area contributed by atoms with Gasteiger partial charge in [0.05, 0.1) is 17.6 Å². The number of benzene rings is 1. The molecule has 0 bridgehead atoms. The molecule has 2 aromatic rings. The van der Waals surface area contributed by atoms with Crippen LogP contribution in [0.2, 0.25) is 5.02 Å². The van der Waals surface area contributed by atoms with Gasteiger partial charge in [0.25, 0.3) is 0 Å². The lowest BCUT2D eigenvalue weighted by Gasteiger charge is -2.16. The van der Waals surface area contributed by atoms with Crippen molar-refractivity contribution >= 4 is 11.6 Å². The number of aromatic nitrogens is 2. The molecule has 0 aliphatic carbocycles. The molecule has 1 fully saturated rings. The molecule has 21 heavy (non-hydrogen) atoms. The van der Waals surface area contributed by atoms with Crippen LogP contribution in [-0.2, 0) is 6.54 Å². The van der Waals surface area contributed by atoms with Crippen LogP contribution in [0.1, 0.15) is 35.2 Å². The Morgan fingerprint density at radius 1 is 1.52 bits per heavy atom. The highest BCUT2D eigenvalue weighted by atomic mass is 35.5. The summed E-state index contributed by atoms with van der Waals surface area (Å²) in [6.07, 6.45) is 0.997. The maximum Gasteiger partial charge on any atom is 0.231 e. The lowest BCUT2D eigenvalue weighted by atomic mass is 10.1. The van der Waals surface area contributed by atoms with Crippen molar-refractivity contribution in [2.45, 2.75) is 25.8 Å². The van der Waals surface area contributed by atoms with E-state index in [-0.39, 0.29) is 5.92 Å². The normalized spacial score (nSPS) is 18.8. The van der Waals surface area contributed by atoms with Crippen LogP contribution >= 0.6 is 11.6 Å². The lowest BCUT2D eigenvalue weighted by molar-refractivity contribution is 0.308. The Bertz CT molecular complexity index is 691. The SMILES string of the molecule is Cc1noc([C@@H]2CCN(Cc3ccc(Cl)cc3C#N)C2)n1. The Hall–Kier alpha value is -1.90. The van der Waals surface area contributed by atoms with E-state index in [4.69, 9.17) is 16.1 Å². The molecule has 0 radical (unpaired) electrons. The molecule has 0 spiro atoms. The highest BCUT2D eigenvalue weighted by Gasteiger charge is 2.28. The Morgan fingerprint density at radius 2 is 2.38 bits per heavy atom. The first-order valence-electron chi connectivity index (χ1n) is 6.87. The summed E-state index contributed by atoms with van der Waals surface area (Å²) in [5, 5.41) is 13.6. The van der Waals surface area contributed by atoms with Crippen LogP contribution in [-0.4, -0.2) is 28.1 Å². The molecular formula is C15H15ClN4O. The third-order valence-corrected chi connectivity index (χ3v) is 3.99. The van der Waals surface area contributed by atoms with Gasteiger partial charge < -0.3 is 4.52 Å². The van der Waals surface area contributed by atoms with Gasteiger partial charge in [-0.3, -0.25) is 4.90 Å². The van der Waals surface area contributed by atoms with E-state index in [1.807, 2.05) is 19.1 Å². The van der Waals surface area contributed by atoms with E-state index >= 15 is 0 Å². The lowest BCUT2D eigenvalue weighted by Crippen LogP contribution is -2.20. The van der Waals surface area contributed by atoms with E-state index < -0.39 is 0 Å². The van der Waals surface area contributed by atoms with E-state index in [0.29, 0.717) is 22.3 Å². The molecule has 3 rings (SSSR count). The second-order valence-electron chi connectivity index (χ2n) is 5.31. The Morgan fingerprint density at radius 3 is 3.10 bits per heavy atom. The fourth-order valence-corrected chi connectivity index (χ4v) is 2.86. The van der Waals surface area contributed by atoms with Crippen molar-refractivity contribution in [2.75, 3.05) is 13.1 Å². The van der Waals surface area contributed by atoms with E-state index in [2.05, 4.69) is 21.1 Å². The van der Waals surface area contributed by atoms with Crippen LogP contribution in [0, 0.1) is 18.3 Å². The minimum Gasteiger partial charge on any atom is -0.339 e. The van der Waals surface area contributed by atoms with Crippen molar-refractivity contribution in [1.29, 1.82) is 5.26 Å². The first-order valence-corrected chi connectivity index (χ1v) is 7.24. The molecule has 1 aliphatic rings. The predicted molar refractivity (Wildman–Crippen MR) is 77.8 cm³/mol. The standard InChI is InChI=1S/C15H15ClN4O/c1-10-18-15(21-19-10)12-4-5-20(9-12)8-11-2-3-14(16)6-13(11)7-17/h2-3,6,12H,4-5,8-9H2,1H3/t12-/m1/s1. The average Bonchev–Trinajstić information content (AvgIpc) is 3.09. The van der Waals surface area contributed by atoms with Gasteiger partial charge in [0, 0.05) is 18.1 Å². The van der Waals surface area contributed by atoms with Crippen LogP contribution < -0.4 is 0 Å². The number of nitriles is 1. The zero-order valence-corrected chi connectivity index (χ0v) is 12.5. The summed E-state index contributed by atoms with van der Waals surface area (Å²) < 4.78 is 5.25. The van der Waals surface area contributed by atoms with Crippen LogP contribution in [0.25, 0.3) is 0 Å². The Balaban J connectivity index is 1.69. The minimum atomic E-state index is 0.282. The van der Waals surface area contributed by atoms with Crippen molar-refractivity contribution < 1.29 is 4.52 Å². The number of hydrogen-bond acceptors (Lipinski definition) is 5. The van der Waals surface area contributed by atoms with Crippen molar-refractivity contribution in [3.8, 4) is 6.07 Å². The van der Waals surface area contributed by atoms with Gasteiger partial charge in [-0.1, -0.05) is 22.8 Å². The monoisotopic (exact) mass is 302 g/mol. The molecule has 0 unspecified atom stereocenters. The van der Waals surface area contributed by atoms with Gasteiger partial charge in [0.2, 0.25) is 5.89 Å². The zero-order valence-electron chi connectivity index (χ0n) is 11.7. The fraction of sp³-hybridized carbons (Fsp3) is 0.400. The largest absolute Gasteiger partial charge is 0.339 e. The minimum absolute atomic E-state index is 0.282. The third kappa shape index (κ3) is 3.07. The molecule has 1 aromatic heterocycles. The quantitative estimate of drug-likeness (QED) is 0.872. The van der Waals surface area contributed by atoms with E-state index in [9.17, 15) is 5.26 Å². The Kier molecular flexibility index (Phi) is 3.91. The zero-order chi connectivity index (χ0) is 14.8. The number of likely N-dealkylation sites (tertiary alicyclic amines) is 1. The van der Waals surface area contributed by atoms with Gasteiger partial charge in [0.15, 0.2) is 5.82 Å². The molecule has 1 atom stereocenters. The second kappa shape index (κ2) is 5.84. The summed E-state index contributed by atoms with van der Waals surface area (Å²) >= 11 is 5.93. The topological polar surface area (TPSA) is 66.0 Å². The molecule has 2 heterocycles. The maximum atomic E-state index is 9.19. The molecular weight excluding hydrogens is 288 g/mol. The van der Waals surface area contributed by atoms with Crippen molar-refractivity contribution in [3.05, 3.63) is 46.1 Å². The summed E-state index contributed by atoms with van der Waals surface area (Å²) in [6, 6.07) is 7.67. The summed E-state index contributed by atoms with van der Waals surface area (Å²) in [5.74, 6) is 1.67. The predicted octanol–water partition coefficient (Wildman–Crippen LogP) is 2.89. The molecule has 0 amide bonds. The summed E-state index contributed by atoms with van der Waals surface area (Å²) in [7, 11) is 0. The fourth-order valence-electron chi connectivity index (χ4n) is 2.69. The highest BCUT2D eigenvalue weighted by Crippen LogP contribution is 2.27. The van der Waals surface area contributed by atoms with Crippen LogP contribution in [0.4, 0.5) is 0 Å². The molecule has 0 saturated carbocycles. The molecule has 1 aliphatic heterocycles. The van der Waals surface area contributed by atoms with Gasteiger partial charge in [0.1, 0.15) is 0 Å². The van der Waals surface area contributed by atoms with Gasteiger partial charge in [-0.15, -0.1) is 0 Å². The van der Waals surface area contributed by atoms with Crippen LogP contribution in [0.3, 0.4) is 0 Å². The number of aryl methyl sites for hydroxylation is 1. The number of nitrogens with zero attached hydrogens (tertiary/aromatic N) is 4. The van der Waals surface area contributed by atoms with Crippen molar-refractivity contribution in [3.63, 3.8) is 0 Å². The first-order chi connectivity index (χ1) is 10.2. The molecule has 0 N–H and O–H groups in total. The Labute approximate surface area is 128 Å². The molecule has 108 valence electrons. The van der Waals surface area contributed by atoms with Gasteiger partial charge in [-0.25, -0.2) is 0 Å². The van der Waals surface area contributed by atoms with Gasteiger partial charge in [-0.2, -0.15) is 10.2 Å². The maximum absolute atomic E-state index is 9.19. The molecule has 5 nitrogen and oxygen atoms in total. The number of halogens is 1. The second-order valence-corrected chi connectivity index (χ2v) is 5.75. The van der Waals surface area contributed by atoms with Crippen LogP contribution in [0.5, 0.6) is 0 Å². The molecule has 6 heteroatoms. The summed E-state index contributed by atoms with van der Waals surface area (Å²) in [5.41, 5.74) is 1.64. The third-order valence-electron chi connectivity index (χ3n) is 3.75. The number of hydrogen-bond donors (Lipinski definition) is 0. The van der Waals surface area contributed by atoms with Crippen molar-refractivity contribution in [1.82, 2.24) is 15.0 Å². The van der Waals surface area contributed by atoms with E-state index in [1.165, 1.54) is 0 Å². The number of rotatable bonds is 3. The smallest absolute Gasteiger partial charge is 0.231 e. The molecule has 1 aromatic carbocycles. The van der Waals surface area contributed by atoms with Gasteiger partial charge >= 0.3 is 0 Å². The van der Waals surface area contributed by atoms with Crippen LogP contribution in [0.15, 0.2) is 22.7 Å². The summed E-state index contributed by atoms with van der Waals surface area (Å²) in [6.45, 7) is 4.39. The van der Waals surface area contributed by atoms with E-state index in [1.54, 1.807) is 6.07 Å². The summed E-state index contributed by atoms with van der Waals surface area (Å²) in [4.78, 5) is 6.61. The molecule has 1 saturated heterocycles. The van der Waals surface area contributed by atoms with Crippen molar-refractivity contribution in [2.24, 2.45) is 0 Å². The average molecular weight is 303 g/mol. The first kappa shape index (κ1) is 14.1. The highest BCUT2D eigenvalue weighted by molar-refractivity contribution is 6.30. The van der Waals surface area contributed by atoms with Gasteiger partial charge in [-0.05, 0) is 37.6 Å².